The van der Waals surface area contributed by atoms with Gasteiger partial charge in [0.1, 0.15) is 5.69 Å². The predicted octanol–water partition coefficient (Wildman–Crippen LogP) is 8.28. The number of amides is 2. The Hall–Kier alpha value is -2.87. The maximum absolute atomic E-state index is 13.7. The maximum atomic E-state index is 13.7. The van der Waals surface area contributed by atoms with Gasteiger partial charge in [-0.25, -0.2) is 0 Å². The number of hydrazone groups is 1. The summed E-state index contributed by atoms with van der Waals surface area (Å²) in [6, 6.07) is 14.3. The third-order valence-corrected chi connectivity index (χ3v) is 8.91. The fraction of sp³-hybridized carbons (Fsp3) is 0.419. The van der Waals surface area contributed by atoms with E-state index < -0.39 is 17.4 Å². The fourth-order valence-electron chi connectivity index (χ4n) is 5.02. The van der Waals surface area contributed by atoms with Crippen molar-refractivity contribution >= 4 is 58.1 Å². The van der Waals surface area contributed by atoms with Crippen molar-refractivity contribution in [2.24, 2.45) is 16.4 Å². The van der Waals surface area contributed by atoms with Gasteiger partial charge >= 0.3 is 0 Å². The molecule has 1 aliphatic heterocycles. The lowest BCUT2D eigenvalue weighted by atomic mass is 9.78. The number of rotatable bonds is 11. The van der Waals surface area contributed by atoms with Gasteiger partial charge in [-0.05, 0) is 61.3 Å². The van der Waals surface area contributed by atoms with E-state index in [0.29, 0.717) is 29.7 Å². The summed E-state index contributed by atoms with van der Waals surface area (Å²) in [6.07, 6.45) is 7.65. The summed E-state index contributed by atoms with van der Waals surface area (Å²) in [4.78, 5) is 27.3. The number of anilines is 1. The SMILES string of the molecule is CCC(C)(CCC(C)CCC(C)c1ccccc1)C(=O)NC1=NN(c2c(Cl)cc(Cl)cc2Cl)C(=O)C1n1cccn1. The molecule has 2 heterocycles. The Balaban J connectivity index is 1.47. The van der Waals surface area contributed by atoms with Crippen molar-refractivity contribution in [3.05, 3.63) is 81.6 Å². The smallest absolute Gasteiger partial charge is 0.280 e. The molecule has 7 nitrogen and oxygen atoms in total. The zero-order chi connectivity index (χ0) is 29.7. The molecule has 0 saturated heterocycles. The van der Waals surface area contributed by atoms with Crippen LogP contribution in [0.4, 0.5) is 5.69 Å². The number of benzene rings is 2. The molecule has 2 aromatic carbocycles. The van der Waals surface area contributed by atoms with Gasteiger partial charge in [0, 0.05) is 22.8 Å². The molecule has 0 radical (unpaired) electrons. The number of hydrogen-bond acceptors (Lipinski definition) is 4. The summed E-state index contributed by atoms with van der Waals surface area (Å²) >= 11 is 18.9. The van der Waals surface area contributed by atoms with Crippen LogP contribution in [-0.4, -0.2) is 27.4 Å². The minimum absolute atomic E-state index is 0.162. The minimum Gasteiger partial charge on any atom is -0.310 e. The molecule has 0 saturated carbocycles. The summed E-state index contributed by atoms with van der Waals surface area (Å²) in [5, 5.41) is 13.5. The summed E-state index contributed by atoms with van der Waals surface area (Å²) < 4.78 is 1.46. The van der Waals surface area contributed by atoms with Crippen LogP contribution >= 0.6 is 34.8 Å². The van der Waals surface area contributed by atoms with E-state index in [1.807, 2.05) is 19.9 Å². The van der Waals surface area contributed by atoms with E-state index in [4.69, 9.17) is 34.8 Å². The van der Waals surface area contributed by atoms with Crippen LogP contribution in [0.15, 0.2) is 66.0 Å². The second kappa shape index (κ2) is 13.4. The van der Waals surface area contributed by atoms with E-state index in [-0.39, 0.29) is 27.5 Å². The standard InChI is InChI=1S/C31H36Cl3N5O2/c1-5-31(4,15-14-20(2)12-13-21(3)22-10-7-6-8-11-22)30(41)36-28-27(38-17-9-16-35-38)29(40)39(37-28)26-24(33)18-23(32)19-25(26)34/h6-11,16-21,27H,5,12-15H2,1-4H3,(H,36,37,41). The highest BCUT2D eigenvalue weighted by Crippen LogP contribution is 2.40. The van der Waals surface area contributed by atoms with Gasteiger partial charge in [0.15, 0.2) is 11.9 Å². The van der Waals surface area contributed by atoms with Crippen molar-refractivity contribution in [2.75, 3.05) is 5.01 Å². The van der Waals surface area contributed by atoms with Crippen molar-refractivity contribution < 1.29 is 9.59 Å². The molecule has 1 aromatic heterocycles. The Morgan fingerprint density at radius 2 is 1.73 bits per heavy atom. The molecule has 2 amide bonds. The topological polar surface area (TPSA) is 79.6 Å². The highest BCUT2D eigenvalue weighted by Gasteiger charge is 2.43. The summed E-state index contributed by atoms with van der Waals surface area (Å²) in [5.41, 5.74) is 0.898. The highest BCUT2D eigenvalue weighted by molar-refractivity contribution is 6.42. The number of amidine groups is 1. The third kappa shape index (κ3) is 7.14. The van der Waals surface area contributed by atoms with Crippen LogP contribution in [0.25, 0.3) is 0 Å². The number of carbonyl (C=O) groups excluding carboxylic acids is 2. The summed E-state index contributed by atoms with van der Waals surface area (Å²) in [6.45, 7) is 8.48. The lowest BCUT2D eigenvalue weighted by Gasteiger charge is -2.29. The van der Waals surface area contributed by atoms with E-state index in [9.17, 15) is 9.59 Å². The zero-order valence-corrected chi connectivity index (χ0v) is 26.0. The molecule has 4 unspecified atom stereocenters. The molecule has 1 aliphatic rings. The normalized spacial score (nSPS) is 18.1. The van der Waals surface area contributed by atoms with Crippen LogP contribution in [-0.2, 0) is 9.59 Å². The molecule has 0 aliphatic carbocycles. The first-order chi connectivity index (χ1) is 19.5. The van der Waals surface area contributed by atoms with Gasteiger partial charge in [0.2, 0.25) is 5.91 Å². The second-order valence-corrected chi connectivity index (χ2v) is 12.4. The predicted molar refractivity (Wildman–Crippen MR) is 167 cm³/mol. The van der Waals surface area contributed by atoms with Gasteiger partial charge in [-0.15, -0.1) is 5.10 Å². The first-order valence-corrected chi connectivity index (χ1v) is 15.1. The molecule has 4 rings (SSSR count). The lowest BCUT2D eigenvalue weighted by molar-refractivity contribution is -0.129. The fourth-order valence-corrected chi connectivity index (χ4v) is 5.99. The van der Waals surface area contributed by atoms with Gasteiger partial charge in [-0.1, -0.05) is 99.3 Å². The molecule has 3 aromatic rings. The Morgan fingerprint density at radius 3 is 2.34 bits per heavy atom. The average molecular weight is 617 g/mol. The Kier molecular flexibility index (Phi) is 10.2. The first-order valence-electron chi connectivity index (χ1n) is 14.0. The Morgan fingerprint density at radius 1 is 1.05 bits per heavy atom. The van der Waals surface area contributed by atoms with Crippen LogP contribution in [0.2, 0.25) is 15.1 Å². The number of carbonyl (C=O) groups is 2. The van der Waals surface area contributed by atoms with Crippen LogP contribution in [0.3, 0.4) is 0 Å². The highest BCUT2D eigenvalue weighted by atomic mass is 35.5. The van der Waals surface area contributed by atoms with Crippen LogP contribution in [0.1, 0.15) is 77.3 Å². The van der Waals surface area contributed by atoms with E-state index in [1.165, 1.54) is 22.4 Å². The van der Waals surface area contributed by atoms with Gasteiger partial charge in [-0.2, -0.15) is 10.1 Å². The van der Waals surface area contributed by atoms with Gasteiger partial charge in [-0.3, -0.25) is 14.3 Å². The quantitative estimate of drug-likeness (QED) is 0.235. The molecular weight excluding hydrogens is 581 g/mol. The van der Waals surface area contributed by atoms with Crippen molar-refractivity contribution in [3.63, 3.8) is 0 Å². The zero-order valence-electron chi connectivity index (χ0n) is 23.8. The van der Waals surface area contributed by atoms with E-state index in [0.717, 1.165) is 24.3 Å². The Labute approximate surface area is 256 Å². The number of nitrogens with one attached hydrogen (secondary N) is 1. The molecule has 41 heavy (non-hydrogen) atoms. The number of halogens is 3. The average Bonchev–Trinajstić information content (AvgIpc) is 3.58. The minimum atomic E-state index is -0.976. The monoisotopic (exact) mass is 615 g/mol. The number of nitrogens with zero attached hydrogens (tertiary/aromatic N) is 4. The first kappa shape index (κ1) is 31.1. The molecule has 0 fully saturated rings. The summed E-state index contributed by atoms with van der Waals surface area (Å²) in [5.74, 6) is 0.474. The molecule has 218 valence electrons. The second-order valence-electron chi connectivity index (χ2n) is 11.1. The van der Waals surface area contributed by atoms with Gasteiger partial charge in [0.05, 0.1) is 10.0 Å². The number of aromatic nitrogens is 2. The van der Waals surface area contributed by atoms with Crippen molar-refractivity contribution in [2.45, 2.75) is 71.8 Å². The van der Waals surface area contributed by atoms with Gasteiger partial charge in [0.25, 0.3) is 5.91 Å². The third-order valence-electron chi connectivity index (χ3n) is 8.11. The van der Waals surface area contributed by atoms with E-state index in [2.05, 4.69) is 53.6 Å². The largest absolute Gasteiger partial charge is 0.310 e. The van der Waals surface area contributed by atoms with Crippen molar-refractivity contribution in [1.82, 2.24) is 15.1 Å². The molecule has 10 heteroatoms. The molecule has 0 bridgehead atoms. The van der Waals surface area contributed by atoms with Crippen LogP contribution in [0.5, 0.6) is 0 Å². The van der Waals surface area contributed by atoms with E-state index >= 15 is 0 Å². The molecule has 4 atom stereocenters. The van der Waals surface area contributed by atoms with Crippen LogP contribution in [0, 0.1) is 11.3 Å². The molecular formula is C31H36Cl3N5O2. The van der Waals surface area contributed by atoms with E-state index in [1.54, 1.807) is 18.5 Å². The molecule has 0 spiro atoms. The maximum Gasteiger partial charge on any atom is 0.280 e. The lowest BCUT2D eigenvalue weighted by Crippen LogP contribution is -2.45. The van der Waals surface area contributed by atoms with Gasteiger partial charge < -0.3 is 5.32 Å². The van der Waals surface area contributed by atoms with Crippen LogP contribution < -0.4 is 10.3 Å². The number of hydrogen-bond donors (Lipinski definition) is 1. The van der Waals surface area contributed by atoms with Crippen molar-refractivity contribution in [3.8, 4) is 0 Å². The Bertz CT molecular complexity index is 1370. The van der Waals surface area contributed by atoms with Crippen molar-refractivity contribution in [1.29, 1.82) is 0 Å². The summed E-state index contributed by atoms with van der Waals surface area (Å²) in [7, 11) is 0. The molecule has 1 N–H and O–H groups in total.